The van der Waals surface area contributed by atoms with Crippen LogP contribution < -0.4 is 32.3 Å². The molecule has 0 spiro atoms. The Balaban J connectivity index is 2.86. The SMILES string of the molecule is C[C@H](N)C(=O)N[C@@H](CC(=O)O)C(=O)N[C@@H](CC(=O)O)C(=O)N[C@@H](C)C(=O)N[C@@H](C)C(=O)N[C@@H](Cc1ccccc1)C(=O)O. The number of rotatable bonds is 17. The Morgan fingerprint density at radius 3 is 1.44 bits per heavy atom. The van der Waals surface area contributed by atoms with Crippen LogP contribution in [-0.2, 0) is 44.8 Å². The van der Waals surface area contributed by atoms with E-state index in [9.17, 15) is 48.6 Å². The largest absolute Gasteiger partial charge is 0.481 e. The van der Waals surface area contributed by atoms with E-state index in [1.165, 1.54) is 20.8 Å². The van der Waals surface area contributed by atoms with Crippen LogP contribution in [0.4, 0.5) is 0 Å². The molecule has 17 heteroatoms. The number of carbonyl (C=O) groups is 8. The van der Waals surface area contributed by atoms with Crippen LogP contribution in [0.3, 0.4) is 0 Å². The minimum atomic E-state index is -1.79. The predicted octanol–water partition coefficient (Wildman–Crippen LogP) is -2.93. The highest BCUT2D eigenvalue weighted by atomic mass is 16.4. The smallest absolute Gasteiger partial charge is 0.326 e. The first-order valence-electron chi connectivity index (χ1n) is 13.0. The molecule has 1 aromatic carbocycles. The Labute approximate surface area is 245 Å². The summed E-state index contributed by atoms with van der Waals surface area (Å²) >= 11 is 0. The van der Waals surface area contributed by atoms with Gasteiger partial charge >= 0.3 is 17.9 Å². The van der Waals surface area contributed by atoms with Gasteiger partial charge in [-0.15, -0.1) is 0 Å². The van der Waals surface area contributed by atoms with Crippen molar-refractivity contribution in [2.45, 2.75) is 76.3 Å². The lowest BCUT2D eigenvalue weighted by Crippen LogP contribution is -2.58. The van der Waals surface area contributed by atoms with Crippen LogP contribution >= 0.6 is 0 Å². The number of aliphatic carboxylic acids is 3. The van der Waals surface area contributed by atoms with Crippen LogP contribution in [0.25, 0.3) is 0 Å². The summed E-state index contributed by atoms with van der Waals surface area (Å²) < 4.78 is 0. The van der Waals surface area contributed by atoms with Crippen molar-refractivity contribution in [1.82, 2.24) is 26.6 Å². The number of benzene rings is 1. The molecule has 43 heavy (non-hydrogen) atoms. The molecule has 6 atom stereocenters. The summed E-state index contributed by atoms with van der Waals surface area (Å²) in [6.45, 7) is 3.75. The normalized spacial score (nSPS) is 14.8. The van der Waals surface area contributed by atoms with Crippen molar-refractivity contribution in [2.24, 2.45) is 5.73 Å². The molecule has 10 N–H and O–H groups in total. The zero-order valence-electron chi connectivity index (χ0n) is 23.7. The van der Waals surface area contributed by atoms with Gasteiger partial charge in [0, 0.05) is 6.42 Å². The van der Waals surface area contributed by atoms with Gasteiger partial charge in [-0.3, -0.25) is 33.6 Å². The first-order valence-corrected chi connectivity index (χ1v) is 13.0. The predicted molar refractivity (Wildman–Crippen MR) is 147 cm³/mol. The molecule has 0 aliphatic heterocycles. The first-order chi connectivity index (χ1) is 20.0. The number of carbonyl (C=O) groups excluding carboxylic acids is 5. The van der Waals surface area contributed by atoms with E-state index in [2.05, 4.69) is 26.6 Å². The van der Waals surface area contributed by atoms with E-state index >= 15 is 0 Å². The summed E-state index contributed by atoms with van der Waals surface area (Å²) in [6, 6.07) is 0.00131. The second kappa shape index (κ2) is 17.0. The minimum Gasteiger partial charge on any atom is -0.481 e. The van der Waals surface area contributed by atoms with Gasteiger partial charge in [-0.05, 0) is 26.3 Å². The molecule has 0 aromatic heterocycles. The summed E-state index contributed by atoms with van der Waals surface area (Å²) in [6.07, 6.45) is -1.89. The molecule has 1 rings (SSSR count). The Bertz CT molecular complexity index is 1210. The third-order valence-electron chi connectivity index (χ3n) is 5.84. The van der Waals surface area contributed by atoms with E-state index in [0.29, 0.717) is 5.56 Å². The molecule has 0 saturated carbocycles. The lowest BCUT2D eigenvalue weighted by molar-refractivity contribution is -0.143. The Hall–Kier alpha value is -5.06. The van der Waals surface area contributed by atoms with Crippen molar-refractivity contribution in [3.05, 3.63) is 35.9 Å². The molecule has 0 aliphatic carbocycles. The van der Waals surface area contributed by atoms with Crippen LogP contribution in [0, 0.1) is 0 Å². The lowest BCUT2D eigenvalue weighted by atomic mass is 10.1. The van der Waals surface area contributed by atoms with E-state index in [1.54, 1.807) is 30.3 Å². The molecule has 236 valence electrons. The Morgan fingerprint density at radius 2 is 1.00 bits per heavy atom. The maximum Gasteiger partial charge on any atom is 0.326 e. The second-order valence-electron chi connectivity index (χ2n) is 9.66. The van der Waals surface area contributed by atoms with Crippen molar-refractivity contribution < 1.29 is 53.7 Å². The van der Waals surface area contributed by atoms with E-state index in [1.807, 2.05) is 0 Å². The fourth-order valence-electron chi connectivity index (χ4n) is 3.47. The molecule has 1 aromatic rings. The number of hydrogen-bond acceptors (Lipinski definition) is 9. The molecule has 0 bridgehead atoms. The molecule has 0 unspecified atom stereocenters. The average molecular weight is 609 g/mol. The molecule has 0 heterocycles. The fourth-order valence-corrected chi connectivity index (χ4v) is 3.47. The standard InChI is InChI=1S/C26H36N6O11/c1-12(27)21(37)30-17(11-20(35)36)25(41)31-16(10-19(33)34)24(40)29-13(2)22(38)28-14(3)23(39)32-18(26(42)43)9-15-7-5-4-6-8-15/h4-8,12-14,16-18H,9-11,27H2,1-3H3,(H,28,38)(H,29,40)(H,30,37)(H,31,41)(H,32,39)(H,33,34)(H,35,36)(H,42,43)/t12-,13-,14-,16-,17-,18-/m0/s1. The quantitative estimate of drug-likeness (QED) is 0.0859. The van der Waals surface area contributed by atoms with Gasteiger partial charge in [0.15, 0.2) is 0 Å². The summed E-state index contributed by atoms with van der Waals surface area (Å²) in [5.41, 5.74) is 6.06. The topological polar surface area (TPSA) is 283 Å². The summed E-state index contributed by atoms with van der Waals surface area (Å²) in [4.78, 5) is 96.6. The molecular formula is C26H36N6O11. The third-order valence-corrected chi connectivity index (χ3v) is 5.84. The fraction of sp³-hybridized carbons (Fsp3) is 0.462. The zero-order chi connectivity index (χ0) is 32.9. The van der Waals surface area contributed by atoms with E-state index in [-0.39, 0.29) is 6.42 Å². The van der Waals surface area contributed by atoms with Crippen molar-refractivity contribution in [1.29, 1.82) is 0 Å². The van der Waals surface area contributed by atoms with Crippen molar-refractivity contribution in [2.75, 3.05) is 0 Å². The number of amides is 5. The Kier molecular flexibility index (Phi) is 14.2. The van der Waals surface area contributed by atoms with Crippen LogP contribution in [0.2, 0.25) is 0 Å². The zero-order valence-corrected chi connectivity index (χ0v) is 23.7. The molecule has 0 fully saturated rings. The maximum atomic E-state index is 12.8. The van der Waals surface area contributed by atoms with Gasteiger partial charge in [-0.1, -0.05) is 30.3 Å². The summed E-state index contributed by atoms with van der Waals surface area (Å²) in [5, 5.41) is 38.7. The highest BCUT2D eigenvalue weighted by Crippen LogP contribution is 2.04. The highest BCUT2D eigenvalue weighted by molar-refractivity contribution is 5.98. The number of nitrogens with one attached hydrogen (secondary N) is 5. The van der Waals surface area contributed by atoms with Crippen LogP contribution in [0.5, 0.6) is 0 Å². The van der Waals surface area contributed by atoms with Crippen LogP contribution in [0.15, 0.2) is 30.3 Å². The van der Waals surface area contributed by atoms with E-state index < -0.39 is 96.5 Å². The van der Waals surface area contributed by atoms with Gasteiger partial charge in [0.25, 0.3) is 0 Å². The number of carboxylic acids is 3. The number of hydrogen-bond donors (Lipinski definition) is 9. The monoisotopic (exact) mass is 608 g/mol. The van der Waals surface area contributed by atoms with Crippen molar-refractivity contribution in [3.63, 3.8) is 0 Å². The molecule has 0 saturated heterocycles. The van der Waals surface area contributed by atoms with Crippen LogP contribution in [0.1, 0.15) is 39.2 Å². The summed E-state index contributed by atoms with van der Waals surface area (Å²) in [7, 11) is 0. The van der Waals surface area contributed by atoms with Gasteiger partial charge < -0.3 is 47.6 Å². The molecular weight excluding hydrogens is 572 g/mol. The van der Waals surface area contributed by atoms with Gasteiger partial charge in [0.2, 0.25) is 29.5 Å². The van der Waals surface area contributed by atoms with Crippen molar-refractivity contribution >= 4 is 47.4 Å². The molecule has 0 radical (unpaired) electrons. The van der Waals surface area contributed by atoms with E-state index in [0.717, 1.165) is 0 Å². The maximum absolute atomic E-state index is 12.8. The van der Waals surface area contributed by atoms with Gasteiger partial charge in [-0.2, -0.15) is 0 Å². The molecule has 0 aliphatic rings. The molecule has 17 nitrogen and oxygen atoms in total. The Morgan fingerprint density at radius 1 is 0.605 bits per heavy atom. The average Bonchev–Trinajstić information content (AvgIpc) is 2.91. The highest BCUT2D eigenvalue weighted by Gasteiger charge is 2.32. The number of carboxylic acid groups (broad SMARTS) is 3. The van der Waals surface area contributed by atoms with E-state index in [4.69, 9.17) is 10.8 Å². The van der Waals surface area contributed by atoms with Gasteiger partial charge in [0.1, 0.15) is 30.2 Å². The van der Waals surface area contributed by atoms with Gasteiger partial charge in [0.05, 0.1) is 18.9 Å². The first kappa shape index (κ1) is 36.0. The third kappa shape index (κ3) is 13.0. The van der Waals surface area contributed by atoms with Crippen molar-refractivity contribution in [3.8, 4) is 0 Å². The summed E-state index contributed by atoms with van der Waals surface area (Å²) in [5.74, 6) is -9.25. The second-order valence-corrected chi connectivity index (χ2v) is 9.66. The van der Waals surface area contributed by atoms with Gasteiger partial charge in [-0.25, -0.2) is 4.79 Å². The number of nitrogens with two attached hydrogens (primary N) is 1. The minimum absolute atomic E-state index is 0.0199. The van der Waals surface area contributed by atoms with Crippen LogP contribution in [-0.4, -0.2) is 99.0 Å². The molecule has 5 amide bonds. The lowest BCUT2D eigenvalue weighted by Gasteiger charge is -2.24.